The number of nitrogens with one attached hydrogen (secondary N) is 2. The van der Waals surface area contributed by atoms with E-state index in [-0.39, 0.29) is 0 Å². The number of aliphatic imine (C=N–C) groups is 1. The second-order valence-electron chi connectivity index (χ2n) is 8.08. The van der Waals surface area contributed by atoms with Crippen LogP contribution in [0.15, 0.2) is 23.2 Å². The number of hydrogen-bond acceptors (Lipinski definition) is 4. The van der Waals surface area contributed by atoms with Gasteiger partial charge in [0.25, 0.3) is 0 Å². The minimum Gasteiger partial charge on any atom is -0.493 e. The van der Waals surface area contributed by atoms with Gasteiger partial charge in [-0.05, 0) is 49.8 Å². The molecule has 0 spiro atoms. The molecule has 2 aliphatic heterocycles. The molecule has 4 rings (SSSR count). The van der Waals surface area contributed by atoms with E-state index in [2.05, 4.69) is 50.5 Å². The van der Waals surface area contributed by atoms with E-state index in [4.69, 9.17) is 9.73 Å². The Balaban J connectivity index is 1.23. The summed E-state index contributed by atoms with van der Waals surface area (Å²) in [4.78, 5) is 4.75. The summed E-state index contributed by atoms with van der Waals surface area (Å²) < 4.78 is 7.93. The van der Waals surface area contributed by atoms with Crippen molar-refractivity contribution in [2.45, 2.75) is 64.8 Å². The predicted molar refractivity (Wildman–Crippen MR) is 119 cm³/mol. The van der Waals surface area contributed by atoms with Crippen LogP contribution in [-0.2, 0) is 32.2 Å². The Morgan fingerprint density at radius 2 is 2.10 bits per heavy atom. The number of aromatic nitrogens is 3. The first kappa shape index (κ1) is 20.7. The van der Waals surface area contributed by atoms with Gasteiger partial charge in [-0.2, -0.15) is 0 Å². The lowest BCUT2D eigenvalue weighted by Gasteiger charge is -2.12. The Morgan fingerprint density at radius 1 is 1.13 bits per heavy atom. The molecule has 1 aromatic heterocycles. The van der Waals surface area contributed by atoms with Crippen LogP contribution in [-0.4, -0.2) is 47.0 Å². The summed E-state index contributed by atoms with van der Waals surface area (Å²) in [5, 5.41) is 15.6. The number of guanidine groups is 1. The lowest BCUT2D eigenvalue weighted by molar-refractivity contribution is 0.357. The van der Waals surface area contributed by atoms with Crippen LogP contribution < -0.4 is 15.4 Å². The van der Waals surface area contributed by atoms with E-state index in [1.807, 2.05) is 0 Å². The Morgan fingerprint density at radius 3 is 3.03 bits per heavy atom. The molecule has 0 radical (unpaired) electrons. The van der Waals surface area contributed by atoms with Gasteiger partial charge in [0.1, 0.15) is 17.4 Å². The largest absolute Gasteiger partial charge is 0.493 e. The molecule has 3 heterocycles. The Bertz CT molecular complexity index is 859. The van der Waals surface area contributed by atoms with E-state index in [1.165, 1.54) is 36.2 Å². The van der Waals surface area contributed by atoms with Gasteiger partial charge in [-0.1, -0.05) is 18.6 Å². The zero-order valence-electron chi connectivity index (χ0n) is 18.1. The van der Waals surface area contributed by atoms with Crippen LogP contribution in [0.3, 0.4) is 0 Å². The second kappa shape index (κ2) is 10.5. The van der Waals surface area contributed by atoms with E-state index < -0.39 is 0 Å². The number of fused-ring (bicyclic) bond motifs is 2. The highest BCUT2D eigenvalue weighted by atomic mass is 16.5. The van der Waals surface area contributed by atoms with Crippen molar-refractivity contribution in [1.82, 2.24) is 25.4 Å². The van der Waals surface area contributed by atoms with Crippen LogP contribution in [0.4, 0.5) is 0 Å². The fourth-order valence-electron chi connectivity index (χ4n) is 4.22. The van der Waals surface area contributed by atoms with Crippen molar-refractivity contribution in [1.29, 1.82) is 0 Å². The van der Waals surface area contributed by atoms with E-state index in [0.717, 1.165) is 82.4 Å². The molecule has 0 saturated heterocycles. The van der Waals surface area contributed by atoms with Gasteiger partial charge in [0, 0.05) is 45.4 Å². The molecule has 0 atom stereocenters. The molecular formula is C23H34N6O. The molecule has 0 saturated carbocycles. The minimum atomic E-state index is 0.785. The fourth-order valence-corrected chi connectivity index (χ4v) is 4.22. The van der Waals surface area contributed by atoms with Gasteiger partial charge < -0.3 is 19.9 Å². The molecule has 30 heavy (non-hydrogen) atoms. The topological polar surface area (TPSA) is 76.4 Å². The van der Waals surface area contributed by atoms with Crippen LogP contribution in [0.5, 0.6) is 5.75 Å². The van der Waals surface area contributed by atoms with Gasteiger partial charge in [-0.15, -0.1) is 10.2 Å². The number of rotatable bonds is 8. The average molecular weight is 411 g/mol. The van der Waals surface area contributed by atoms with Crippen LogP contribution in [0.1, 0.15) is 55.4 Å². The summed E-state index contributed by atoms with van der Waals surface area (Å²) >= 11 is 0. The fraction of sp³-hybridized carbons (Fsp3) is 0.609. The van der Waals surface area contributed by atoms with Crippen molar-refractivity contribution < 1.29 is 4.74 Å². The van der Waals surface area contributed by atoms with E-state index in [1.54, 1.807) is 0 Å². The first-order valence-electron chi connectivity index (χ1n) is 11.5. The minimum absolute atomic E-state index is 0.785. The Labute approximate surface area is 179 Å². The quantitative estimate of drug-likeness (QED) is 0.398. The maximum Gasteiger partial charge on any atom is 0.191 e. The molecule has 7 nitrogen and oxygen atoms in total. The number of hydrogen-bond donors (Lipinski definition) is 2. The van der Waals surface area contributed by atoms with Gasteiger partial charge in [0.15, 0.2) is 5.96 Å². The smallest absolute Gasteiger partial charge is 0.191 e. The molecule has 2 aliphatic rings. The maximum absolute atomic E-state index is 5.59. The molecule has 1 aromatic carbocycles. The summed E-state index contributed by atoms with van der Waals surface area (Å²) in [5.41, 5.74) is 2.68. The molecular weight excluding hydrogens is 376 g/mol. The van der Waals surface area contributed by atoms with Gasteiger partial charge in [-0.25, -0.2) is 0 Å². The molecule has 162 valence electrons. The molecule has 7 heteroatoms. The zero-order chi connectivity index (χ0) is 20.6. The number of nitrogens with zero attached hydrogens (tertiary/aromatic N) is 4. The molecule has 0 unspecified atom stereocenters. The summed E-state index contributed by atoms with van der Waals surface area (Å²) in [7, 11) is 0. The third-order valence-corrected chi connectivity index (χ3v) is 5.82. The molecule has 0 fully saturated rings. The van der Waals surface area contributed by atoms with Crippen molar-refractivity contribution in [3.63, 3.8) is 0 Å². The number of ether oxygens (including phenoxy) is 1. The van der Waals surface area contributed by atoms with Crippen LogP contribution in [0.25, 0.3) is 0 Å². The number of aryl methyl sites for hydroxylation is 2. The summed E-state index contributed by atoms with van der Waals surface area (Å²) in [6, 6.07) is 6.54. The number of benzene rings is 1. The monoisotopic (exact) mass is 410 g/mol. The Kier molecular flexibility index (Phi) is 7.21. The van der Waals surface area contributed by atoms with Gasteiger partial charge in [0.05, 0.1) is 6.61 Å². The second-order valence-corrected chi connectivity index (χ2v) is 8.08. The first-order chi connectivity index (χ1) is 14.8. The third-order valence-electron chi connectivity index (χ3n) is 5.82. The van der Waals surface area contributed by atoms with Gasteiger partial charge in [0.2, 0.25) is 0 Å². The molecule has 2 N–H and O–H groups in total. The highest BCUT2D eigenvalue weighted by Gasteiger charge is 2.14. The van der Waals surface area contributed by atoms with Crippen LogP contribution in [0.2, 0.25) is 0 Å². The summed E-state index contributed by atoms with van der Waals surface area (Å²) in [6.45, 7) is 6.49. The zero-order valence-corrected chi connectivity index (χ0v) is 18.1. The first-order valence-corrected chi connectivity index (χ1v) is 11.5. The lowest BCUT2D eigenvalue weighted by Crippen LogP contribution is -2.38. The summed E-state index contributed by atoms with van der Waals surface area (Å²) in [6.07, 6.45) is 8.76. The standard InChI is InChI=1S/C23H34N6O/c1-2-24-23(26-14-11-18-9-10-20-19(17-18)12-16-30-20)25-13-6-8-22-28-27-21-7-4-3-5-15-29(21)22/h9-10,17H,2-8,11-16H2,1H3,(H2,24,25,26). The van der Waals surface area contributed by atoms with Gasteiger partial charge in [-0.3, -0.25) is 4.99 Å². The molecule has 2 aromatic rings. The van der Waals surface area contributed by atoms with Gasteiger partial charge >= 0.3 is 0 Å². The van der Waals surface area contributed by atoms with Crippen molar-refractivity contribution in [3.8, 4) is 5.75 Å². The van der Waals surface area contributed by atoms with Crippen molar-refractivity contribution in [3.05, 3.63) is 41.0 Å². The van der Waals surface area contributed by atoms with Crippen LogP contribution in [0, 0.1) is 0 Å². The maximum atomic E-state index is 5.59. The molecule has 0 aliphatic carbocycles. The van der Waals surface area contributed by atoms with Crippen molar-refractivity contribution in [2.75, 3.05) is 26.2 Å². The van der Waals surface area contributed by atoms with Crippen molar-refractivity contribution >= 4 is 5.96 Å². The SMILES string of the molecule is CCNC(=NCCCc1nnc2n1CCCCC2)NCCc1ccc2c(c1)CCO2. The molecule has 0 bridgehead atoms. The average Bonchev–Trinajstić information content (AvgIpc) is 3.31. The predicted octanol–water partition coefficient (Wildman–Crippen LogP) is 2.67. The molecule has 0 amide bonds. The lowest BCUT2D eigenvalue weighted by atomic mass is 10.1. The highest BCUT2D eigenvalue weighted by molar-refractivity contribution is 5.79. The normalized spacial score (nSPS) is 15.8. The van der Waals surface area contributed by atoms with E-state index >= 15 is 0 Å². The van der Waals surface area contributed by atoms with E-state index in [9.17, 15) is 0 Å². The van der Waals surface area contributed by atoms with Crippen molar-refractivity contribution in [2.24, 2.45) is 4.99 Å². The highest BCUT2D eigenvalue weighted by Crippen LogP contribution is 2.25. The van der Waals surface area contributed by atoms with Crippen LogP contribution >= 0.6 is 0 Å². The Hall–Kier alpha value is -2.57. The van der Waals surface area contributed by atoms with E-state index in [0.29, 0.717) is 0 Å². The third kappa shape index (κ3) is 5.32. The summed E-state index contributed by atoms with van der Waals surface area (Å²) in [5.74, 6) is 4.23.